The third-order valence-electron chi connectivity index (χ3n) is 3.66. The Morgan fingerprint density at radius 2 is 1.53 bits per heavy atom. The Morgan fingerprint density at radius 1 is 1.13 bits per heavy atom. The van der Waals surface area contributed by atoms with Crippen molar-refractivity contribution in [3.05, 3.63) is 0 Å². The van der Waals surface area contributed by atoms with Crippen LogP contribution in [0.5, 0.6) is 0 Å². The second-order valence-electron chi connectivity index (χ2n) is 4.53. The predicted molar refractivity (Wildman–Crippen MR) is 58.5 cm³/mol. The minimum Gasteiger partial charge on any atom is -0.402 e. The van der Waals surface area contributed by atoms with E-state index in [1.165, 1.54) is 0 Å². The average molecular weight is 232 g/mol. The molecule has 2 rings (SSSR count). The molecule has 0 spiro atoms. The van der Waals surface area contributed by atoms with Crippen LogP contribution in [-0.2, 0) is 19.1 Å². The fraction of sp³-hybridized carbons (Fsp3) is 1.00. The molecule has 0 saturated carbocycles. The Kier molecular flexibility index (Phi) is 2.45. The van der Waals surface area contributed by atoms with Gasteiger partial charge in [-0.15, -0.1) is 0 Å². The van der Waals surface area contributed by atoms with Crippen LogP contribution in [0.25, 0.3) is 0 Å². The van der Waals surface area contributed by atoms with E-state index >= 15 is 0 Å². The van der Waals surface area contributed by atoms with Crippen LogP contribution in [0.2, 0.25) is 6.82 Å². The molecule has 0 N–H and O–H groups in total. The molecule has 15 heavy (non-hydrogen) atoms. The highest BCUT2D eigenvalue weighted by Gasteiger charge is 2.66. The maximum atomic E-state index is 11.7. The van der Waals surface area contributed by atoms with Crippen molar-refractivity contribution in [1.29, 1.82) is 0 Å². The van der Waals surface area contributed by atoms with E-state index in [0.29, 0.717) is 12.8 Å². The average Bonchev–Trinajstić information content (AvgIpc) is 2.48. The molecule has 0 aliphatic carbocycles. The summed E-state index contributed by atoms with van der Waals surface area (Å²) in [7, 11) is -3.31. The number of sulfone groups is 1. The SMILES string of the molecule is CC[C@@]12CS(=O)(=O)C[C@]1(CC)OB(C)O2. The van der Waals surface area contributed by atoms with Gasteiger partial charge in [0.1, 0.15) is 0 Å². The normalized spacial score (nSPS) is 43.3. The van der Waals surface area contributed by atoms with Crippen LogP contribution >= 0.6 is 0 Å². The first-order valence-corrected chi connectivity index (χ1v) is 7.27. The predicted octanol–water partition coefficient (Wildman–Crippen LogP) is 0.877. The van der Waals surface area contributed by atoms with E-state index in [4.69, 9.17) is 9.31 Å². The van der Waals surface area contributed by atoms with Crippen LogP contribution in [0, 0.1) is 0 Å². The highest BCUT2D eigenvalue weighted by Crippen LogP contribution is 2.49. The fourth-order valence-corrected chi connectivity index (χ4v) is 5.58. The highest BCUT2D eigenvalue weighted by atomic mass is 32.2. The number of fused-ring (bicyclic) bond motifs is 1. The quantitative estimate of drug-likeness (QED) is 0.663. The third kappa shape index (κ3) is 1.46. The van der Waals surface area contributed by atoms with Crippen molar-refractivity contribution in [2.75, 3.05) is 11.5 Å². The molecule has 0 radical (unpaired) electrons. The molecular weight excluding hydrogens is 215 g/mol. The Bertz CT molecular complexity index is 340. The third-order valence-corrected chi connectivity index (χ3v) is 5.47. The highest BCUT2D eigenvalue weighted by molar-refractivity contribution is 7.91. The summed E-state index contributed by atoms with van der Waals surface area (Å²) in [5.41, 5.74) is -1.22. The molecule has 2 fully saturated rings. The number of hydrogen-bond donors (Lipinski definition) is 0. The topological polar surface area (TPSA) is 52.6 Å². The smallest absolute Gasteiger partial charge is 0.402 e. The molecule has 0 amide bonds. The molecule has 2 aliphatic heterocycles. The van der Waals surface area contributed by atoms with Gasteiger partial charge >= 0.3 is 7.12 Å². The first-order valence-electron chi connectivity index (χ1n) is 5.45. The van der Waals surface area contributed by atoms with E-state index in [1.54, 1.807) is 0 Å². The van der Waals surface area contributed by atoms with Gasteiger partial charge in [-0.05, 0) is 19.7 Å². The van der Waals surface area contributed by atoms with Crippen molar-refractivity contribution < 1.29 is 17.7 Å². The molecule has 0 bridgehead atoms. The van der Waals surface area contributed by atoms with Crippen LogP contribution in [0.15, 0.2) is 0 Å². The Labute approximate surface area is 91.4 Å². The van der Waals surface area contributed by atoms with Gasteiger partial charge in [0.15, 0.2) is 9.84 Å². The monoisotopic (exact) mass is 232 g/mol. The first kappa shape index (κ1) is 11.4. The van der Waals surface area contributed by atoms with Crippen molar-refractivity contribution in [3.63, 3.8) is 0 Å². The lowest BCUT2D eigenvalue weighted by Crippen LogP contribution is -2.49. The summed E-state index contributed by atoms with van der Waals surface area (Å²) in [6.07, 6.45) is 1.37. The summed E-state index contributed by atoms with van der Waals surface area (Å²) in [5, 5.41) is 0. The molecule has 4 nitrogen and oxygen atoms in total. The van der Waals surface area contributed by atoms with Gasteiger partial charge in [0.2, 0.25) is 0 Å². The van der Waals surface area contributed by atoms with Crippen LogP contribution in [0.4, 0.5) is 0 Å². The minimum atomic E-state index is -3.02. The van der Waals surface area contributed by atoms with Crippen molar-refractivity contribution in [3.8, 4) is 0 Å². The standard InChI is InChI=1S/C9H17BO4S/c1-4-8-6-15(11,12)7-9(8,5-2)14-10(3)13-8/h4-7H2,1-3H3/t8-,9+. The molecule has 0 aromatic rings. The van der Waals surface area contributed by atoms with Gasteiger partial charge in [0.05, 0.1) is 22.7 Å². The molecule has 6 heteroatoms. The van der Waals surface area contributed by atoms with Crippen molar-refractivity contribution >= 4 is 17.0 Å². The first-order chi connectivity index (χ1) is 6.89. The van der Waals surface area contributed by atoms with Gasteiger partial charge in [-0.2, -0.15) is 0 Å². The second-order valence-corrected chi connectivity index (χ2v) is 6.60. The van der Waals surface area contributed by atoms with Crippen LogP contribution in [-0.4, -0.2) is 38.2 Å². The lowest BCUT2D eigenvalue weighted by molar-refractivity contribution is -0.0120. The van der Waals surface area contributed by atoms with Gasteiger partial charge in [0.25, 0.3) is 0 Å². The van der Waals surface area contributed by atoms with E-state index in [9.17, 15) is 8.42 Å². The summed E-state index contributed by atoms with van der Waals surface area (Å²) in [6.45, 7) is 5.76. The minimum absolute atomic E-state index is 0.106. The van der Waals surface area contributed by atoms with Crippen molar-refractivity contribution in [2.24, 2.45) is 0 Å². The molecule has 0 aromatic carbocycles. The van der Waals surface area contributed by atoms with Gasteiger partial charge < -0.3 is 9.31 Å². The van der Waals surface area contributed by atoms with E-state index < -0.39 is 21.0 Å². The zero-order chi connectivity index (χ0) is 11.3. The van der Waals surface area contributed by atoms with E-state index in [2.05, 4.69) is 0 Å². The maximum absolute atomic E-state index is 11.7. The van der Waals surface area contributed by atoms with E-state index in [0.717, 1.165) is 0 Å². The van der Waals surface area contributed by atoms with Gasteiger partial charge in [-0.1, -0.05) is 13.8 Å². The lowest BCUT2D eigenvalue weighted by atomic mass is 9.82. The van der Waals surface area contributed by atoms with Crippen LogP contribution in [0.3, 0.4) is 0 Å². The molecule has 2 saturated heterocycles. The molecule has 2 heterocycles. The van der Waals surface area contributed by atoms with Crippen LogP contribution < -0.4 is 0 Å². The van der Waals surface area contributed by atoms with E-state index in [1.807, 2.05) is 20.7 Å². The van der Waals surface area contributed by atoms with Crippen LogP contribution in [0.1, 0.15) is 26.7 Å². The van der Waals surface area contributed by atoms with Crippen molar-refractivity contribution in [1.82, 2.24) is 0 Å². The van der Waals surface area contributed by atoms with Gasteiger partial charge in [-0.3, -0.25) is 0 Å². The van der Waals surface area contributed by atoms with Gasteiger partial charge in [-0.25, -0.2) is 8.42 Å². The number of rotatable bonds is 2. The van der Waals surface area contributed by atoms with E-state index in [-0.39, 0.29) is 18.6 Å². The molecule has 86 valence electrons. The van der Waals surface area contributed by atoms with Crippen molar-refractivity contribution in [2.45, 2.75) is 44.7 Å². The summed E-state index contributed by atoms with van der Waals surface area (Å²) in [4.78, 5) is 0. The lowest BCUT2D eigenvalue weighted by Gasteiger charge is -2.35. The molecule has 0 aromatic heterocycles. The molecule has 0 unspecified atom stereocenters. The Morgan fingerprint density at radius 3 is 1.87 bits per heavy atom. The second kappa shape index (κ2) is 3.21. The molecular formula is C9H17BO4S. The van der Waals surface area contributed by atoms with Gasteiger partial charge in [0, 0.05) is 0 Å². The summed E-state index contributed by atoms with van der Waals surface area (Å²) in [5.74, 6) is 0.212. The maximum Gasteiger partial charge on any atom is 0.454 e. The fourth-order valence-electron chi connectivity index (χ4n) is 2.98. The number of hydrogen-bond acceptors (Lipinski definition) is 4. The summed E-state index contributed by atoms with van der Waals surface area (Å²) >= 11 is 0. The molecule has 2 aliphatic rings. The Balaban J connectivity index is 2.46. The zero-order valence-electron chi connectivity index (χ0n) is 9.45. The molecule has 2 atom stereocenters. The summed E-state index contributed by atoms with van der Waals surface area (Å²) in [6, 6.07) is 0. The largest absolute Gasteiger partial charge is 0.454 e. The Hall–Kier alpha value is -0.0651. The summed E-state index contributed by atoms with van der Waals surface area (Å²) < 4.78 is 34.9. The zero-order valence-corrected chi connectivity index (χ0v) is 10.3.